The van der Waals surface area contributed by atoms with Gasteiger partial charge in [0.2, 0.25) is 5.82 Å². The Morgan fingerprint density at radius 1 is 0.534 bits per heavy atom. The molecule has 0 saturated heterocycles. The highest BCUT2D eigenvalue weighted by Gasteiger charge is 2.39. The molecular formula is C61H40F8N4. The van der Waals surface area contributed by atoms with E-state index in [1.165, 1.54) is 9.13 Å². The van der Waals surface area contributed by atoms with Crippen LogP contribution in [0.2, 0.25) is 0 Å². The molecular weight excluding hydrogens is 941 g/mol. The SMILES string of the molecule is CC1CC=NC(c2ccccc2)=C1c1ccc2c(c1)c1ccccc1n2-c1cc(-c2c(F)c(F)c(F)c(F)c2F)c(-n2c3c(c4ccccc42)C=C(c2cccnc2-c2ccccc2)CC3C)cc1C(F)(F)F. The van der Waals surface area contributed by atoms with Crippen molar-refractivity contribution in [3.8, 4) is 33.8 Å². The van der Waals surface area contributed by atoms with Crippen molar-refractivity contribution in [1.82, 2.24) is 14.1 Å². The van der Waals surface area contributed by atoms with E-state index in [1.807, 2.05) is 104 Å². The highest BCUT2D eigenvalue weighted by atomic mass is 19.4. The van der Waals surface area contributed by atoms with Crippen LogP contribution in [0, 0.1) is 35.0 Å². The third-order valence-electron chi connectivity index (χ3n) is 14.3. The summed E-state index contributed by atoms with van der Waals surface area (Å²) in [6.07, 6.45) is 1.40. The minimum Gasteiger partial charge on any atom is -0.312 e. The molecule has 0 fully saturated rings. The van der Waals surface area contributed by atoms with Gasteiger partial charge in [0.25, 0.3) is 0 Å². The first kappa shape index (κ1) is 45.7. The largest absolute Gasteiger partial charge is 0.418 e. The maximum absolute atomic E-state index is 16.6. The van der Waals surface area contributed by atoms with Gasteiger partial charge in [-0.25, -0.2) is 22.0 Å². The van der Waals surface area contributed by atoms with Crippen LogP contribution < -0.4 is 0 Å². The number of nitrogens with zero attached hydrogens (tertiary/aromatic N) is 4. The van der Waals surface area contributed by atoms with Gasteiger partial charge in [-0.05, 0) is 84.0 Å². The Balaban J connectivity index is 1.15. The zero-order chi connectivity index (χ0) is 50.4. The molecule has 0 radical (unpaired) electrons. The number of hydrogen-bond acceptors (Lipinski definition) is 2. The Bertz CT molecular complexity index is 3960. The molecule has 3 aromatic heterocycles. The van der Waals surface area contributed by atoms with E-state index >= 15 is 30.7 Å². The standard InChI is InChI=1S/C61H40F8N4/c1-33-25-27-71-59(36-16-7-4-8-17-36)51(33)37-23-24-48-42(29-37)40-18-9-11-21-46(40)72(48)50-31-44(52-53(62)55(64)57(66)56(65)54(52)63)49(32-45(50)61(67,68)69)73-47-22-12-10-19-41(47)43-30-38(28-34(2)60(43)73)39-20-13-26-70-58(39)35-14-5-3-6-15-35/h3-24,26-27,29-34H,25,28H2,1-2H3. The Labute approximate surface area is 413 Å². The Hall–Kier alpha value is -8.38. The third-order valence-corrected chi connectivity index (χ3v) is 14.3. The highest BCUT2D eigenvalue weighted by Crippen LogP contribution is 2.50. The zero-order valence-electron chi connectivity index (χ0n) is 39.0. The molecule has 0 saturated carbocycles. The number of aromatic nitrogens is 3. The van der Waals surface area contributed by atoms with Crippen LogP contribution in [0.4, 0.5) is 35.1 Å². The van der Waals surface area contributed by atoms with Crippen molar-refractivity contribution in [2.75, 3.05) is 0 Å². The quantitative estimate of drug-likeness (QED) is 0.0890. The summed E-state index contributed by atoms with van der Waals surface area (Å²) < 4.78 is 131. The predicted octanol–water partition coefficient (Wildman–Crippen LogP) is 17.2. The van der Waals surface area contributed by atoms with Gasteiger partial charge in [0, 0.05) is 68.0 Å². The molecule has 12 heteroatoms. The molecule has 2 atom stereocenters. The van der Waals surface area contributed by atoms with Gasteiger partial charge in [0.15, 0.2) is 23.3 Å². The number of benzene rings is 7. The summed E-state index contributed by atoms with van der Waals surface area (Å²) in [5.41, 5.74) is 4.55. The van der Waals surface area contributed by atoms with E-state index in [0.29, 0.717) is 56.8 Å². The summed E-state index contributed by atoms with van der Waals surface area (Å²) in [7, 11) is 0. The number of aliphatic imine (C=N–C) groups is 1. The summed E-state index contributed by atoms with van der Waals surface area (Å²) in [5.74, 6) is -11.7. The number of para-hydroxylation sites is 2. The number of allylic oxidation sites excluding steroid dienone is 2. The molecule has 4 nitrogen and oxygen atoms in total. The van der Waals surface area contributed by atoms with E-state index in [0.717, 1.165) is 56.9 Å². The average Bonchev–Trinajstić information content (AvgIpc) is 3.92. The van der Waals surface area contributed by atoms with Crippen LogP contribution >= 0.6 is 0 Å². The minimum absolute atomic E-state index is 0.0224. The van der Waals surface area contributed by atoms with Gasteiger partial charge in [-0.15, -0.1) is 0 Å². The number of halogens is 8. The minimum atomic E-state index is -5.13. The number of alkyl halides is 3. The molecule has 0 amide bonds. The summed E-state index contributed by atoms with van der Waals surface area (Å²) in [4.78, 5) is 9.53. The second-order valence-electron chi connectivity index (χ2n) is 18.7. The van der Waals surface area contributed by atoms with Crippen molar-refractivity contribution >= 4 is 61.8 Å². The molecule has 0 N–H and O–H groups in total. The van der Waals surface area contributed by atoms with Crippen LogP contribution in [-0.2, 0) is 6.18 Å². The molecule has 360 valence electrons. The van der Waals surface area contributed by atoms with Crippen LogP contribution in [0.25, 0.3) is 89.4 Å². The van der Waals surface area contributed by atoms with Gasteiger partial charge in [-0.3, -0.25) is 9.98 Å². The smallest absolute Gasteiger partial charge is 0.312 e. The van der Waals surface area contributed by atoms with Crippen molar-refractivity contribution in [2.24, 2.45) is 10.9 Å². The number of rotatable bonds is 7. The topological polar surface area (TPSA) is 35.1 Å². The molecule has 1 aliphatic heterocycles. The summed E-state index contributed by atoms with van der Waals surface area (Å²) in [6.45, 7) is 3.97. The van der Waals surface area contributed by atoms with Crippen molar-refractivity contribution in [1.29, 1.82) is 0 Å². The van der Waals surface area contributed by atoms with Crippen molar-refractivity contribution in [2.45, 2.75) is 38.8 Å². The Kier molecular flexibility index (Phi) is 10.9. The van der Waals surface area contributed by atoms with E-state index in [9.17, 15) is 4.39 Å². The number of hydrogen-bond donors (Lipinski definition) is 0. The molecule has 7 aromatic carbocycles. The summed E-state index contributed by atoms with van der Waals surface area (Å²) in [5, 5.41) is 1.72. The van der Waals surface area contributed by atoms with Gasteiger partial charge in [0.1, 0.15) is 0 Å². The predicted molar refractivity (Wildman–Crippen MR) is 274 cm³/mol. The van der Waals surface area contributed by atoms with Gasteiger partial charge in [0.05, 0.1) is 50.4 Å². The molecule has 0 bridgehead atoms. The van der Waals surface area contributed by atoms with E-state index in [2.05, 4.69) is 6.92 Å². The van der Waals surface area contributed by atoms with Crippen LogP contribution in [0.5, 0.6) is 0 Å². The summed E-state index contributed by atoms with van der Waals surface area (Å²) in [6, 6.07) is 43.9. The fraction of sp³-hybridized carbons (Fsp3) is 0.115. The van der Waals surface area contributed by atoms with Gasteiger partial charge in [-0.1, -0.05) is 123 Å². The third kappa shape index (κ3) is 7.32. The molecule has 0 spiro atoms. The van der Waals surface area contributed by atoms with E-state index in [4.69, 9.17) is 9.98 Å². The monoisotopic (exact) mass is 980 g/mol. The lowest BCUT2D eigenvalue weighted by Crippen LogP contribution is -2.16. The second kappa shape index (κ2) is 17.4. The Morgan fingerprint density at radius 2 is 1.15 bits per heavy atom. The zero-order valence-corrected chi connectivity index (χ0v) is 39.0. The lowest BCUT2D eigenvalue weighted by molar-refractivity contribution is -0.137. The number of pyridine rings is 1. The average molecular weight is 981 g/mol. The van der Waals surface area contributed by atoms with Crippen molar-refractivity contribution < 1.29 is 35.1 Å². The van der Waals surface area contributed by atoms with Crippen LogP contribution in [0.1, 0.15) is 66.1 Å². The first-order chi connectivity index (χ1) is 35.3. The second-order valence-corrected chi connectivity index (χ2v) is 18.7. The van der Waals surface area contributed by atoms with Gasteiger partial charge >= 0.3 is 6.18 Å². The van der Waals surface area contributed by atoms with E-state index < -0.39 is 69.2 Å². The van der Waals surface area contributed by atoms with Gasteiger partial charge < -0.3 is 9.13 Å². The lowest BCUT2D eigenvalue weighted by atomic mass is 9.83. The van der Waals surface area contributed by atoms with E-state index in [1.54, 1.807) is 60.8 Å². The van der Waals surface area contributed by atoms with Crippen LogP contribution in [0.3, 0.4) is 0 Å². The maximum atomic E-state index is 16.6. The number of fused-ring (bicyclic) bond motifs is 6. The Morgan fingerprint density at radius 3 is 1.85 bits per heavy atom. The molecule has 2 aliphatic rings. The normalized spacial score (nSPS) is 15.9. The first-order valence-corrected chi connectivity index (χ1v) is 23.8. The molecule has 10 aromatic rings. The van der Waals surface area contributed by atoms with Crippen molar-refractivity contribution in [3.63, 3.8) is 0 Å². The molecule has 4 heterocycles. The first-order valence-electron chi connectivity index (χ1n) is 23.8. The summed E-state index contributed by atoms with van der Waals surface area (Å²) >= 11 is 0. The lowest BCUT2D eigenvalue weighted by Gasteiger charge is -2.27. The van der Waals surface area contributed by atoms with E-state index in [-0.39, 0.29) is 5.92 Å². The molecule has 1 aliphatic carbocycles. The van der Waals surface area contributed by atoms with Gasteiger partial charge in [-0.2, -0.15) is 13.2 Å². The maximum Gasteiger partial charge on any atom is 0.418 e. The van der Waals surface area contributed by atoms with Crippen LogP contribution in [0.15, 0.2) is 163 Å². The molecule has 73 heavy (non-hydrogen) atoms. The fourth-order valence-electron chi connectivity index (χ4n) is 11.1. The highest BCUT2D eigenvalue weighted by molar-refractivity contribution is 6.11. The van der Waals surface area contributed by atoms with Crippen molar-refractivity contribution in [3.05, 3.63) is 220 Å². The fourth-order valence-corrected chi connectivity index (χ4v) is 11.1. The molecule has 2 unspecified atom stereocenters. The van der Waals surface area contributed by atoms with Crippen LogP contribution in [-0.4, -0.2) is 20.3 Å². The molecule has 12 rings (SSSR count).